The van der Waals surface area contributed by atoms with Crippen molar-refractivity contribution in [2.75, 3.05) is 28.6 Å². The molecule has 0 fully saturated rings. The number of carbonyl (C=O) groups excluding carboxylic acids is 2. The number of hydrogen-bond donors (Lipinski definition) is 2. The highest BCUT2D eigenvalue weighted by Crippen LogP contribution is 2.20. The molecule has 5 nitrogen and oxygen atoms in total. The van der Waals surface area contributed by atoms with E-state index >= 15 is 0 Å². The van der Waals surface area contributed by atoms with Crippen molar-refractivity contribution in [1.82, 2.24) is 0 Å². The molecule has 2 N–H and O–H groups in total. The van der Waals surface area contributed by atoms with Gasteiger partial charge in [-0.25, -0.2) is 0 Å². The second-order valence-corrected chi connectivity index (χ2v) is 7.13. The molecule has 2 amide bonds. The summed E-state index contributed by atoms with van der Waals surface area (Å²) in [7, 11) is 0. The average Bonchev–Trinajstić information content (AvgIpc) is 2.76. The fourth-order valence-corrected chi connectivity index (χ4v) is 3.35. The summed E-state index contributed by atoms with van der Waals surface area (Å²) in [5.74, 6) is -0.212. The van der Waals surface area contributed by atoms with Crippen LogP contribution in [0.15, 0.2) is 72.8 Å². The van der Waals surface area contributed by atoms with Crippen molar-refractivity contribution in [3.8, 4) is 0 Å². The minimum Gasteiger partial charge on any atom is -0.376 e. The normalized spacial score (nSPS) is 10.4. The van der Waals surface area contributed by atoms with Crippen LogP contribution in [0.1, 0.15) is 28.4 Å². The molecule has 3 aromatic rings. The van der Waals surface area contributed by atoms with Crippen molar-refractivity contribution >= 4 is 28.9 Å². The second-order valence-electron chi connectivity index (χ2n) is 7.13. The molecule has 30 heavy (non-hydrogen) atoms. The number of nitrogens with one attached hydrogen (secondary N) is 2. The molecule has 154 valence electrons. The van der Waals surface area contributed by atoms with E-state index in [9.17, 15) is 9.59 Å². The Morgan fingerprint density at radius 2 is 1.53 bits per heavy atom. The topological polar surface area (TPSA) is 61.4 Å². The first-order valence-electron chi connectivity index (χ1n) is 10.1. The van der Waals surface area contributed by atoms with Gasteiger partial charge in [-0.2, -0.15) is 0 Å². The largest absolute Gasteiger partial charge is 0.376 e. The van der Waals surface area contributed by atoms with Gasteiger partial charge in [-0.05, 0) is 62.2 Å². The third-order valence-corrected chi connectivity index (χ3v) is 4.94. The molecule has 0 saturated carbocycles. The smallest absolute Gasteiger partial charge is 0.258 e. The van der Waals surface area contributed by atoms with Gasteiger partial charge in [0, 0.05) is 29.2 Å². The maximum absolute atomic E-state index is 13.0. The van der Waals surface area contributed by atoms with E-state index in [0.717, 1.165) is 28.2 Å². The number of nitrogens with zero attached hydrogens (tertiary/aromatic N) is 1. The van der Waals surface area contributed by atoms with Gasteiger partial charge in [0.1, 0.15) is 0 Å². The van der Waals surface area contributed by atoms with Gasteiger partial charge in [0.05, 0.1) is 6.54 Å². The van der Waals surface area contributed by atoms with E-state index in [-0.39, 0.29) is 18.4 Å². The summed E-state index contributed by atoms with van der Waals surface area (Å²) in [6.07, 6.45) is 0. The lowest BCUT2D eigenvalue weighted by Crippen LogP contribution is -2.30. The zero-order valence-electron chi connectivity index (χ0n) is 17.6. The van der Waals surface area contributed by atoms with Crippen LogP contribution in [0.3, 0.4) is 0 Å². The van der Waals surface area contributed by atoms with Crippen LogP contribution < -0.4 is 15.5 Å². The third-order valence-electron chi connectivity index (χ3n) is 4.94. The molecule has 0 atom stereocenters. The Labute approximate surface area is 177 Å². The van der Waals surface area contributed by atoms with Crippen molar-refractivity contribution in [1.29, 1.82) is 0 Å². The van der Waals surface area contributed by atoms with Crippen LogP contribution in [0.25, 0.3) is 0 Å². The minimum atomic E-state index is -0.136. The fourth-order valence-electron chi connectivity index (χ4n) is 3.35. The predicted molar refractivity (Wildman–Crippen MR) is 123 cm³/mol. The molecule has 0 aromatic heterocycles. The second kappa shape index (κ2) is 9.74. The van der Waals surface area contributed by atoms with Gasteiger partial charge in [-0.1, -0.05) is 42.5 Å². The summed E-state index contributed by atoms with van der Waals surface area (Å²) in [5, 5.41) is 6.07. The van der Waals surface area contributed by atoms with E-state index in [1.165, 1.54) is 0 Å². The summed E-state index contributed by atoms with van der Waals surface area (Å²) < 4.78 is 0. The Balaban J connectivity index is 1.67. The third kappa shape index (κ3) is 5.06. The Morgan fingerprint density at radius 1 is 0.867 bits per heavy atom. The first kappa shape index (κ1) is 21.1. The monoisotopic (exact) mass is 401 g/mol. The number of hydrogen-bond acceptors (Lipinski definition) is 3. The van der Waals surface area contributed by atoms with Gasteiger partial charge >= 0.3 is 0 Å². The highest BCUT2D eigenvalue weighted by Gasteiger charge is 2.16. The maximum atomic E-state index is 13.0. The number of carbonyl (C=O) groups is 2. The lowest BCUT2D eigenvalue weighted by Gasteiger charge is -2.21. The first-order chi connectivity index (χ1) is 14.5. The lowest BCUT2D eigenvalue weighted by molar-refractivity contribution is -0.114. The fraction of sp³-hybridized carbons (Fsp3) is 0.200. The Morgan fingerprint density at radius 3 is 2.20 bits per heavy atom. The molecule has 0 aliphatic rings. The number of aryl methyl sites for hydroxylation is 2. The number of para-hydroxylation sites is 2. The van der Waals surface area contributed by atoms with Crippen molar-refractivity contribution in [3.05, 3.63) is 89.5 Å². The van der Waals surface area contributed by atoms with E-state index in [0.29, 0.717) is 12.1 Å². The zero-order chi connectivity index (χ0) is 21.5. The molecule has 0 radical (unpaired) electrons. The molecule has 5 heteroatoms. The maximum Gasteiger partial charge on any atom is 0.258 e. The first-order valence-corrected chi connectivity index (χ1v) is 10.1. The molecular formula is C25H27N3O2. The van der Waals surface area contributed by atoms with Crippen molar-refractivity contribution in [3.63, 3.8) is 0 Å². The molecule has 0 aliphatic heterocycles. The van der Waals surface area contributed by atoms with Crippen LogP contribution in [0.2, 0.25) is 0 Å². The number of rotatable bonds is 7. The molecular weight excluding hydrogens is 374 g/mol. The Hall–Kier alpha value is -3.60. The van der Waals surface area contributed by atoms with E-state index in [1.54, 1.807) is 17.0 Å². The van der Waals surface area contributed by atoms with E-state index in [2.05, 4.69) is 10.6 Å². The number of anilines is 3. The van der Waals surface area contributed by atoms with Crippen LogP contribution in [0.4, 0.5) is 17.1 Å². The quantitative estimate of drug-likeness (QED) is 0.584. The van der Waals surface area contributed by atoms with Gasteiger partial charge in [0.2, 0.25) is 5.91 Å². The van der Waals surface area contributed by atoms with Crippen molar-refractivity contribution < 1.29 is 9.59 Å². The highest BCUT2D eigenvalue weighted by molar-refractivity contribution is 6.06. The van der Waals surface area contributed by atoms with Crippen molar-refractivity contribution in [2.24, 2.45) is 0 Å². The summed E-state index contributed by atoms with van der Waals surface area (Å²) >= 11 is 0. The van der Waals surface area contributed by atoms with E-state index in [4.69, 9.17) is 0 Å². The molecule has 3 rings (SSSR count). The average molecular weight is 402 g/mol. The molecule has 0 heterocycles. The van der Waals surface area contributed by atoms with Gasteiger partial charge < -0.3 is 15.5 Å². The summed E-state index contributed by atoms with van der Waals surface area (Å²) in [6, 6.07) is 22.7. The molecule has 0 spiro atoms. The highest BCUT2D eigenvalue weighted by atomic mass is 16.2. The lowest BCUT2D eigenvalue weighted by atomic mass is 10.1. The van der Waals surface area contributed by atoms with Gasteiger partial charge in [-0.3, -0.25) is 9.59 Å². The van der Waals surface area contributed by atoms with E-state index < -0.39 is 0 Å². The summed E-state index contributed by atoms with van der Waals surface area (Å²) in [5.41, 5.74) is 5.04. The molecule has 0 bridgehead atoms. The number of amides is 2. The molecule has 0 unspecified atom stereocenters. The van der Waals surface area contributed by atoms with Crippen LogP contribution in [-0.4, -0.2) is 24.9 Å². The van der Waals surface area contributed by atoms with Gasteiger partial charge in [-0.15, -0.1) is 0 Å². The van der Waals surface area contributed by atoms with Crippen LogP contribution >= 0.6 is 0 Å². The molecule has 0 aliphatic carbocycles. The van der Waals surface area contributed by atoms with Crippen LogP contribution in [0.5, 0.6) is 0 Å². The predicted octanol–water partition coefficient (Wildman–Crippen LogP) is 5.02. The van der Waals surface area contributed by atoms with Gasteiger partial charge in [0.25, 0.3) is 5.91 Å². The van der Waals surface area contributed by atoms with E-state index in [1.807, 2.05) is 81.4 Å². The zero-order valence-corrected chi connectivity index (χ0v) is 17.6. The molecule has 3 aromatic carbocycles. The Bertz CT molecular complexity index is 1010. The summed E-state index contributed by atoms with van der Waals surface area (Å²) in [4.78, 5) is 27.1. The summed E-state index contributed by atoms with van der Waals surface area (Å²) in [6.45, 7) is 6.57. The van der Waals surface area contributed by atoms with Crippen molar-refractivity contribution in [2.45, 2.75) is 20.8 Å². The SMILES string of the molecule is CCN(C(=O)c1cccc(NCC(=O)Nc2c(C)cccc2C)c1)c1ccccc1. The van der Waals surface area contributed by atoms with Crippen LogP contribution in [-0.2, 0) is 4.79 Å². The van der Waals surface area contributed by atoms with Gasteiger partial charge in [0.15, 0.2) is 0 Å². The number of benzene rings is 3. The Kier molecular flexibility index (Phi) is 6.86. The van der Waals surface area contributed by atoms with Crippen LogP contribution in [0, 0.1) is 13.8 Å². The molecule has 0 saturated heterocycles. The minimum absolute atomic E-state index is 0.0765. The standard InChI is InChI=1S/C25H27N3O2/c1-4-28(22-14-6-5-7-15-22)25(30)20-12-9-13-21(16-20)26-17-23(29)27-24-18(2)10-8-11-19(24)3/h5-16,26H,4,17H2,1-3H3,(H,27,29).